The molecule has 0 bridgehead atoms. The standard InChI is InChI=1S/C44H40P2.C10H14.2ClH.Ru.H2S/c1-5-19-35(20-6-1)45(36-21-7-2-8-22-36)41-31-29-33-17-13-15-27-39(33)43(41)44-40-28-16-14-18-34(40)30-32-42(44)46(37-23-9-3-10-24-37)38-25-11-4-12-26-38;1-8(2)10-6-4-9(3)5-7-10;;;;/h1-12,19-26,29-32H,13-18,27-28H2;4-8H,1-3H3;2*1H;;1H2/q;;;;+2;. The molecule has 7 aromatic rings. The molecule has 0 atom stereocenters. The van der Waals surface area contributed by atoms with Crippen molar-refractivity contribution in [2.24, 2.45) is 0 Å². The van der Waals surface area contributed by atoms with Crippen LogP contribution in [0.3, 0.4) is 0 Å². The van der Waals surface area contributed by atoms with Crippen LogP contribution in [0, 0.1) is 6.92 Å². The SMILES string of the molecule is Cc1ccc(C(C)C)cc1.S.[Cl-].[Cl][Ru+].c1ccc([PH+](c2ccccc2)c2ccc3c(c2-c2c([PH+](c4ccccc4)c4ccccc4)ccc4c2CCCC4)CCCC3)cc1. The molecule has 6 heteroatoms. The van der Waals surface area contributed by atoms with Crippen molar-refractivity contribution in [3.05, 3.63) is 203 Å². The first-order valence-electron chi connectivity index (χ1n) is 21.0. The number of halogens is 2. The first kappa shape index (κ1) is 48.0. The van der Waals surface area contributed by atoms with Crippen LogP contribution in [0.4, 0.5) is 0 Å². The number of benzene rings is 7. The summed E-state index contributed by atoms with van der Waals surface area (Å²) in [5.74, 6) is 0.653. The number of hydrogen-bond acceptors (Lipinski definition) is 0. The molecule has 0 aliphatic heterocycles. The number of fused-ring (bicyclic) bond motifs is 2. The number of hydrogen-bond donors (Lipinski definition) is 0. The zero-order chi connectivity index (χ0) is 40.3. The maximum Gasteiger partial charge on any atom is 0.110 e. The van der Waals surface area contributed by atoms with Crippen molar-refractivity contribution in [1.82, 2.24) is 0 Å². The van der Waals surface area contributed by atoms with Gasteiger partial charge in [0.1, 0.15) is 31.8 Å². The smallest absolute Gasteiger partial charge is 0.0620 e. The minimum atomic E-state index is -1.27. The first-order chi connectivity index (χ1) is 28.6. The molecule has 0 aromatic heterocycles. The Morgan fingerprint density at radius 2 is 0.750 bits per heavy atom. The molecule has 0 N–H and O–H groups in total. The molecule has 0 nitrogen and oxygen atoms in total. The summed E-state index contributed by atoms with van der Waals surface area (Å²) in [7, 11) is 2.03. The molecule has 0 fully saturated rings. The zero-order valence-electron chi connectivity index (χ0n) is 35.0. The molecule has 0 heterocycles. The summed E-state index contributed by atoms with van der Waals surface area (Å²) in [6, 6.07) is 64.5. The Hall–Kier alpha value is -3.05. The van der Waals surface area contributed by atoms with Gasteiger partial charge in [-0.05, 0) is 153 Å². The molecular formula is C54H58Cl2P2RuS+2. The predicted molar refractivity (Wildman–Crippen MR) is 267 cm³/mol. The summed E-state index contributed by atoms with van der Waals surface area (Å²) in [4.78, 5) is 0. The van der Waals surface area contributed by atoms with Crippen molar-refractivity contribution in [2.75, 3.05) is 0 Å². The Labute approximate surface area is 390 Å². The van der Waals surface area contributed by atoms with E-state index in [2.05, 4.69) is 200 Å². The van der Waals surface area contributed by atoms with Crippen LogP contribution in [-0.4, -0.2) is 0 Å². The summed E-state index contributed by atoms with van der Waals surface area (Å²) in [5.41, 5.74) is 12.4. The summed E-state index contributed by atoms with van der Waals surface area (Å²) in [6.07, 6.45) is 9.90. The van der Waals surface area contributed by atoms with Crippen LogP contribution in [0.1, 0.15) is 78.8 Å². The third kappa shape index (κ3) is 11.3. The fourth-order valence-corrected chi connectivity index (χ4v) is 14.5. The van der Waals surface area contributed by atoms with E-state index in [1.165, 1.54) is 83.7 Å². The van der Waals surface area contributed by atoms with Crippen molar-refractivity contribution in [2.45, 2.75) is 78.1 Å². The molecule has 9 rings (SSSR count). The van der Waals surface area contributed by atoms with Gasteiger partial charge in [0.2, 0.25) is 0 Å². The average Bonchev–Trinajstić information content (AvgIpc) is 3.29. The van der Waals surface area contributed by atoms with E-state index in [9.17, 15) is 0 Å². The fourth-order valence-electron chi connectivity index (χ4n) is 8.97. The molecule has 2 aliphatic rings. The topological polar surface area (TPSA) is 0 Å². The van der Waals surface area contributed by atoms with Gasteiger partial charge in [-0.15, -0.1) is 0 Å². The molecule has 0 spiro atoms. The van der Waals surface area contributed by atoms with Crippen molar-refractivity contribution in [3.63, 3.8) is 0 Å². The summed E-state index contributed by atoms with van der Waals surface area (Å²) < 4.78 is 0. The third-order valence-corrected chi connectivity index (χ3v) is 17.4. The van der Waals surface area contributed by atoms with Gasteiger partial charge in [-0.3, -0.25) is 0 Å². The van der Waals surface area contributed by atoms with E-state index in [4.69, 9.17) is 0 Å². The number of rotatable bonds is 8. The maximum atomic E-state index is 4.57. The van der Waals surface area contributed by atoms with E-state index in [1.807, 2.05) is 17.3 Å². The van der Waals surface area contributed by atoms with E-state index in [1.54, 1.807) is 44.0 Å². The molecule has 310 valence electrons. The van der Waals surface area contributed by atoms with Crippen molar-refractivity contribution in [3.8, 4) is 11.1 Å². The normalized spacial score (nSPS) is 12.7. The summed E-state index contributed by atoms with van der Waals surface area (Å²) in [6.45, 7) is 6.54. The van der Waals surface area contributed by atoms with Gasteiger partial charge in [0.05, 0.1) is 15.8 Å². The zero-order valence-corrected chi connectivity index (χ0v) is 41.3. The van der Waals surface area contributed by atoms with Crippen LogP contribution in [0.15, 0.2) is 170 Å². The van der Waals surface area contributed by atoms with E-state index in [0.29, 0.717) is 5.92 Å². The fraction of sp³-hybridized carbons (Fsp3) is 0.222. The molecule has 0 saturated heterocycles. The van der Waals surface area contributed by atoms with Gasteiger partial charge in [0, 0.05) is 11.1 Å². The van der Waals surface area contributed by atoms with Gasteiger partial charge >= 0.3 is 27.0 Å². The van der Waals surface area contributed by atoms with Crippen molar-refractivity contribution < 1.29 is 29.7 Å². The molecule has 0 amide bonds. The monoisotopic (exact) mass is 972 g/mol. The number of aryl methyl sites for hydroxylation is 3. The van der Waals surface area contributed by atoms with Gasteiger partial charge in [-0.25, -0.2) is 0 Å². The van der Waals surface area contributed by atoms with Crippen LogP contribution in [0.2, 0.25) is 0 Å². The van der Waals surface area contributed by atoms with E-state index in [-0.39, 0.29) is 25.9 Å². The second-order valence-electron chi connectivity index (χ2n) is 15.9. The Balaban J connectivity index is 0.000000427. The Morgan fingerprint density at radius 3 is 1.07 bits per heavy atom. The summed E-state index contributed by atoms with van der Waals surface area (Å²) in [5, 5.41) is 9.03. The largest absolute Gasteiger partial charge is 0.110 e. The van der Waals surface area contributed by atoms with Gasteiger partial charge < -0.3 is 12.4 Å². The minimum Gasteiger partial charge on any atom is -0.0620 e. The van der Waals surface area contributed by atoms with Crippen LogP contribution in [0.5, 0.6) is 0 Å². The minimum absolute atomic E-state index is 0. The van der Waals surface area contributed by atoms with Gasteiger partial charge in [-0.1, -0.05) is 129 Å². The van der Waals surface area contributed by atoms with E-state index < -0.39 is 15.8 Å². The Kier molecular flexibility index (Phi) is 19.2. The van der Waals surface area contributed by atoms with Gasteiger partial charge in [0.25, 0.3) is 0 Å². The Bertz CT molecular complexity index is 2130. The van der Waals surface area contributed by atoms with E-state index in [0.717, 1.165) is 0 Å². The maximum absolute atomic E-state index is 4.57. The van der Waals surface area contributed by atoms with Crippen LogP contribution < -0.4 is 44.2 Å². The predicted octanol–water partition coefficient (Wildman–Crippen LogP) is 9.01. The van der Waals surface area contributed by atoms with Crippen LogP contribution >= 0.6 is 39.0 Å². The summed E-state index contributed by atoms with van der Waals surface area (Å²) >= 11 is 1.82. The van der Waals surface area contributed by atoms with Crippen molar-refractivity contribution in [1.29, 1.82) is 0 Å². The Morgan fingerprint density at radius 1 is 0.433 bits per heavy atom. The van der Waals surface area contributed by atoms with Crippen LogP contribution in [-0.2, 0) is 43.0 Å². The molecule has 60 heavy (non-hydrogen) atoms. The van der Waals surface area contributed by atoms with Crippen LogP contribution in [0.25, 0.3) is 11.1 Å². The molecule has 0 saturated carbocycles. The van der Waals surface area contributed by atoms with E-state index >= 15 is 0 Å². The second kappa shape index (κ2) is 24.0. The van der Waals surface area contributed by atoms with Crippen molar-refractivity contribution >= 4 is 70.9 Å². The first-order valence-corrected chi connectivity index (χ1v) is 26.3. The molecule has 7 aromatic carbocycles. The van der Waals surface area contributed by atoms with Gasteiger partial charge in [-0.2, -0.15) is 13.5 Å². The molecule has 0 unspecified atom stereocenters. The third-order valence-electron chi connectivity index (χ3n) is 11.8. The average molecular weight is 973 g/mol. The molecule has 2 aliphatic carbocycles. The quantitative estimate of drug-likeness (QED) is 0.106. The molecule has 0 radical (unpaired) electrons. The van der Waals surface area contributed by atoms with Gasteiger partial charge in [0.15, 0.2) is 0 Å². The molecular weight excluding hydrogens is 915 g/mol. The second-order valence-corrected chi connectivity index (χ2v) is 20.8.